The van der Waals surface area contributed by atoms with Crippen molar-refractivity contribution in [2.75, 3.05) is 0 Å². The topological polar surface area (TPSA) is 33.0 Å². The van der Waals surface area contributed by atoms with Gasteiger partial charge in [-0.2, -0.15) is 5.26 Å². The number of rotatable bonds is 5. The van der Waals surface area contributed by atoms with E-state index in [-0.39, 0.29) is 11.1 Å². The molecule has 0 saturated carbocycles. The zero-order chi connectivity index (χ0) is 20.9. The molecule has 0 aliphatic rings. The van der Waals surface area contributed by atoms with Crippen LogP contribution < -0.4 is 4.74 Å². The van der Waals surface area contributed by atoms with Gasteiger partial charge in [-0.1, -0.05) is 66.7 Å². The predicted octanol–water partition coefficient (Wildman–Crippen LogP) is 7.38. The van der Waals surface area contributed by atoms with E-state index < -0.39 is 5.82 Å². The Balaban J connectivity index is 1.56. The van der Waals surface area contributed by atoms with Crippen LogP contribution in [0.4, 0.5) is 4.39 Å². The van der Waals surface area contributed by atoms with Crippen molar-refractivity contribution in [1.82, 2.24) is 0 Å². The third-order valence-corrected chi connectivity index (χ3v) is 5.43. The number of ether oxygens (including phenoxy) is 1. The maximum Gasteiger partial charge on any atom is 0.134 e. The molecule has 0 unspecified atom stereocenters. The number of hydrogen-bond donors (Lipinski definition) is 0. The van der Waals surface area contributed by atoms with Gasteiger partial charge in [0.15, 0.2) is 0 Å². The minimum atomic E-state index is -0.417. The summed E-state index contributed by atoms with van der Waals surface area (Å²) in [5.74, 6) is 0.281. The van der Waals surface area contributed by atoms with Gasteiger partial charge in [-0.25, -0.2) is 4.39 Å². The van der Waals surface area contributed by atoms with Crippen LogP contribution >= 0.6 is 15.9 Å². The third-order valence-electron chi connectivity index (χ3n) is 4.81. The molecule has 0 radical (unpaired) electrons. The van der Waals surface area contributed by atoms with Crippen LogP contribution in [-0.2, 0) is 6.61 Å². The Labute approximate surface area is 183 Å². The van der Waals surface area contributed by atoms with E-state index in [0.29, 0.717) is 12.4 Å². The van der Waals surface area contributed by atoms with Crippen LogP contribution in [0.1, 0.15) is 16.7 Å². The summed E-state index contributed by atoms with van der Waals surface area (Å²) >= 11 is 3.54. The highest BCUT2D eigenvalue weighted by molar-refractivity contribution is 9.10. The molecule has 4 aromatic rings. The minimum absolute atomic E-state index is 0.268. The molecule has 4 aromatic carbocycles. The number of nitrogens with zero attached hydrogens (tertiary/aromatic N) is 1. The van der Waals surface area contributed by atoms with Crippen molar-refractivity contribution in [2.45, 2.75) is 6.61 Å². The van der Waals surface area contributed by atoms with E-state index in [0.717, 1.165) is 15.6 Å². The molecule has 0 aromatic heterocycles. The monoisotopic (exact) mass is 457 g/mol. The smallest absolute Gasteiger partial charge is 0.134 e. The Hall–Kier alpha value is -3.42. The van der Waals surface area contributed by atoms with Crippen LogP contribution in [0.3, 0.4) is 0 Å². The molecular weight excluding hydrogens is 441 g/mol. The highest BCUT2D eigenvalue weighted by Crippen LogP contribution is 2.30. The van der Waals surface area contributed by atoms with Crippen LogP contribution in [0.2, 0.25) is 0 Å². The molecule has 30 heavy (non-hydrogen) atoms. The molecule has 0 saturated heterocycles. The second kappa shape index (κ2) is 8.94. The Morgan fingerprint density at radius 3 is 2.53 bits per heavy atom. The Morgan fingerprint density at radius 1 is 0.967 bits per heavy atom. The minimum Gasteiger partial charge on any atom is -0.488 e. The van der Waals surface area contributed by atoms with Gasteiger partial charge < -0.3 is 4.74 Å². The predicted molar refractivity (Wildman–Crippen MR) is 122 cm³/mol. The number of hydrogen-bond acceptors (Lipinski definition) is 2. The number of fused-ring (bicyclic) bond motifs is 1. The normalized spacial score (nSPS) is 11.3. The number of allylic oxidation sites excluding steroid dienone is 1. The van der Waals surface area contributed by atoms with E-state index in [1.165, 1.54) is 16.8 Å². The van der Waals surface area contributed by atoms with Crippen molar-refractivity contribution in [1.29, 1.82) is 5.26 Å². The quantitative estimate of drug-likeness (QED) is 0.231. The molecule has 0 aliphatic heterocycles. The molecule has 0 fully saturated rings. The molecule has 146 valence electrons. The van der Waals surface area contributed by atoms with Crippen molar-refractivity contribution in [3.8, 4) is 11.8 Å². The first-order valence-electron chi connectivity index (χ1n) is 9.41. The molecule has 0 heterocycles. The Bertz CT molecular complexity index is 1280. The van der Waals surface area contributed by atoms with Crippen molar-refractivity contribution in [3.63, 3.8) is 0 Å². The largest absolute Gasteiger partial charge is 0.488 e. The second-order valence-corrected chi connectivity index (χ2v) is 7.62. The molecule has 0 N–H and O–H groups in total. The van der Waals surface area contributed by atoms with Gasteiger partial charge >= 0.3 is 0 Å². The second-order valence-electron chi connectivity index (χ2n) is 6.77. The van der Waals surface area contributed by atoms with Crippen LogP contribution in [0, 0.1) is 17.1 Å². The average molecular weight is 458 g/mol. The lowest BCUT2D eigenvalue weighted by atomic mass is 10.0. The summed E-state index contributed by atoms with van der Waals surface area (Å²) in [5.41, 5.74) is 2.44. The van der Waals surface area contributed by atoms with Gasteiger partial charge in [-0.15, -0.1) is 0 Å². The number of nitriles is 1. The van der Waals surface area contributed by atoms with E-state index in [2.05, 4.69) is 46.3 Å². The van der Waals surface area contributed by atoms with E-state index >= 15 is 0 Å². The average Bonchev–Trinajstić information content (AvgIpc) is 2.77. The van der Waals surface area contributed by atoms with Crippen molar-refractivity contribution < 1.29 is 9.13 Å². The summed E-state index contributed by atoms with van der Waals surface area (Å²) in [4.78, 5) is 0. The first-order chi connectivity index (χ1) is 14.7. The van der Waals surface area contributed by atoms with Gasteiger partial charge in [0.25, 0.3) is 0 Å². The maximum atomic E-state index is 14.0. The summed E-state index contributed by atoms with van der Waals surface area (Å²) in [6.07, 6.45) is 1.66. The lowest BCUT2D eigenvalue weighted by Gasteiger charge is -2.11. The first-order valence-corrected chi connectivity index (χ1v) is 10.2. The van der Waals surface area contributed by atoms with Gasteiger partial charge in [-0.3, -0.25) is 0 Å². The highest BCUT2D eigenvalue weighted by atomic mass is 79.9. The molecule has 4 heteroatoms. The van der Waals surface area contributed by atoms with Crippen molar-refractivity contribution >= 4 is 38.4 Å². The summed E-state index contributed by atoms with van der Waals surface area (Å²) in [5, 5.41) is 11.8. The van der Waals surface area contributed by atoms with E-state index in [1.54, 1.807) is 24.3 Å². The number of halogens is 2. The fraction of sp³-hybridized carbons (Fsp3) is 0.0385. The van der Waals surface area contributed by atoms with Crippen LogP contribution in [-0.4, -0.2) is 0 Å². The van der Waals surface area contributed by atoms with Gasteiger partial charge in [0.1, 0.15) is 18.2 Å². The highest BCUT2D eigenvalue weighted by Gasteiger charge is 2.09. The van der Waals surface area contributed by atoms with Crippen LogP contribution in [0.15, 0.2) is 89.4 Å². The molecule has 0 spiro atoms. The summed E-state index contributed by atoms with van der Waals surface area (Å²) < 4.78 is 20.8. The SMILES string of the molecule is N#C/C(=C/c1ccc(OCc2cccc3ccccc23)c(Br)c1)c1ccccc1F. The molecule has 0 atom stereocenters. The van der Waals surface area contributed by atoms with Crippen LogP contribution in [0.25, 0.3) is 22.4 Å². The van der Waals surface area contributed by atoms with Gasteiger partial charge in [0.2, 0.25) is 0 Å². The molecule has 0 bridgehead atoms. The summed E-state index contributed by atoms with van der Waals surface area (Å²) in [6.45, 7) is 0.438. The molecule has 4 rings (SSSR count). The lowest BCUT2D eigenvalue weighted by molar-refractivity contribution is 0.305. The maximum absolute atomic E-state index is 14.0. The Morgan fingerprint density at radius 2 is 1.73 bits per heavy atom. The van der Waals surface area contributed by atoms with E-state index in [4.69, 9.17) is 4.74 Å². The molecular formula is C26H17BrFNO. The zero-order valence-corrected chi connectivity index (χ0v) is 17.6. The van der Waals surface area contributed by atoms with E-state index in [9.17, 15) is 9.65 Å². The van der Waals surface area contributed by atoms with E-state index in [1.807, 2.05) is 36.4 Å². The molecule has 2 nitrogen and oxygen atoms in total. The van der Waals surface area contributed by atoms with Crippen LogP contribution in [0.5, 0.6) is 5.75 Å². The Kier molecular flexibility index (Phi) is 5.92. The standard InChI is InChI=1S/C26H17BrFNO/c27-24-15-18(14-21(16-29)23-10-3-4-11-25(23)28)12-13-26(24)30-17-20-8-5-7-19-6-1-2-9-22(19)20/h1-15H,17H2/b21-14-. The summed E-state index contributed by atoms with van der Waals surface area (Å²) in [7, 11) is 0. The number of benzene rings is 4. The fourth-order valence-electron chi connectivity index (χ4n) is 3.31. The third kappa shape index (κ3) is 4.27. The van der Waals surface area contributed by atoms with Gasteiger partial charge in [0, 0.05) is 5.56 Å². The lowest BCUT2D eigenvalue weighted by Crippen LogP contribution is -1.97. The summed E-state index contributed by atoms with van der Waals surface area (Å²) in [6, 6.07) is 28.3. The molecule has 0 amide bonds. The van der Waals surface area contributed by atoms with Crippen molar-refractivity contribution in [3.05, 3.63) is 112 Å². The van der Waals surface area contributed by atoms with Gasteiger partial charge in [-0.05, 0) is 62.1 Å². The molecule has 0 aliphatic carbocycles. The fourth-order valence-corrected chi connectivity index (χ4v) is 3.83. The van der Waals surface area contributed by atoms with Gasteiger partial charge in [0.05, 0.1) is 16.1 Å². The first kappa shape index (κ1) is 19.9. The van der Waals surface area contributed by atoms with Crippen molar-refractivity contribution in [2.24, 2.45) is 0 Å². The zero-order valence-electron chi connectivity index (χ0n) is 16.0.